The smallest absolute Gasteiger partial charge is 0.227 e. The lowest BCUT2D eigenvalue weighted by molar-refractivity contribution is -0.117. The van der Waals surface area contributed by atoms with Gasteiger partial charge in [-0.05, 0) is 36.6 Å². The summed E-state index contributed by atoms with van der Waals surface area (Å²) in [5, 5.41) is 13.5. The Balaban J connectivity index is 1.26. The molecule has 1 aliphatic carbocycles. The number of rotatable bonds is 6. The van der Waals surface area contributed by atoms with Crippen molar-refractivity contribution in [2.75, 3.05) is 42.9 Å². The van der Waals surface area contributed by atoms with Gasteiger partial charge >= 0.3 is 0 Å². The van der Waals surface area contributed by atoms with Crippen LogP contribution >= 0.6 is 0 Å². The first-order valence-corrected chi connectivity index (χ1v) is 9.52. The number of benzene rings is 1. The van der Waals surface area contributed by atoms with Gasteiger partial charge in [0.05, 0.1) is 6.10 Å². The molecule has 7 nitrogen and oxygen atoms in total. The Morgan fingerprint density at radius 2 is 1.78 bits per heavy atom. The van der Waals surface area contributed by atoms with E-state index in [9.17, 15) is 9.90 Å². The molecule has 2 aromatic rings. The van der Waals surface area contributed by atoms with Crippen molar-refractivity contribution < 1.29 is 9.90 Å². The zero-order valence-electron chi connectivity index (χ0n) is 15.3. The zero-order chi connectivity index (χ0) is 18.6. The molecule has 142 valence electrons. The summed E-state index contributed by atoms with van der Waals surface area (Å²) in [4.78, 5) is 24.8. The van der Waals surface area contributed by atoms with Crippen LogP contribution in [-0.2, 0) is 4.79 Å². The SMILES string of the molecule is O=C(Nc1ccc([C@@H](O)CN2CCN(c3ncccn3)CC2)cc1)C1CC1. The van der Waals surface area contributed by atoms with E-state index < -0.39 is 6.10 Å². The maximum atomic E-state index is 11.8. The predicted molar refractivity (Wildman–Crippen MR) is 103 cm³/mol. The molecule has 1 saturated carbocycles. The summed E-state index contributed by atoms with van der Waals surface area (Å²) in [7, 11) is 0. The number of nitrogens with one attached hydrogen (secondary N) is 1. The molecular formula is C20H25N5O2. The number of aromatic nitrogens is 2. The van der Waals surface area contributed by atoms with E-state index in [0.29, 0.717) is 6.54 Å². The van der Waals surface area contributed by atoms with Gasteiger partial charge in [0.25, 0.3) is 0 Å². The van der Waals surface area contributed by atoms with Crippen LogP contribution in [0.3, 0.4) is 0 Å². The summed E-state index contributed by atoms with van der Waals surface area (Å²) in [6, 6.07) is 9.33. The monoisotopic (exact) mass is 367 g/mol. The Bertz CT molecular complexity index is 756. The van der Waals surface area contributed by atoms with Crippen molar-refractivity contribution in [2.24, 2.45) is 5.92 Å². The maximum absolute atomic E-state index is 11.8. The number of aliphatic hydroxyl groups excluding tert-OH is 1. The van der Waals surface area contributed by atoms with Gasteiger partial charge in [0.15, 0.2) is 0 Å². The van der Waals surface area contributed by atoms with Crippen LogP contribution in [0, 0.1) is 5.92 Å². The van der Waals surface area contributed by atoms with E-state index in [0.717, 1.165) is 56.2 Å². The van der Waals surface area contributed by atoms with Crippen molar-refractivity contribution in [3.8, 4) is 0 Å². The van der Waals surface area contributed by atoms with Crippen LogP contribution in [0.4, 0.5) is 11.6 Å². The van der Waals surface area contributed by atoms with Crippen molar-refractivity contribution in [3.63, 3.8) is 0 Å². The van der Waals surface area contributed by atoms with E-state index in [1.807, 2.05) is 30.3 Å². The Morgan fingerprint density at radius 3 is 2.41 bits per heavy atom. The van der Waals surface area contributed by atoms with E-state index in [2.05, 4.69) is 25.1 Å². The fraction of sp³-hybridized carbons (Fsp3) is 0.450. The van der Waals surface area contributed by atoms with Crippen LogP contribution in [0.1, 0.15) is 24.5 Å². The van der Waals surface area contributed by atoms with Crippen LogP contribution in [0.15, 0.2) is 42.7 Å². The van der Waals surface area contributed by atoms with Crippen molar-refractivity contribution in [1.82, 2.24) is 14.9 Å². The highest BCUT2D eigenvalue weighted by Crippen LogP contribution is 2.30. The van der Waals surface area contributed by atoms with Gasteiger partial charge in [-0.2, -0.15) is 0 Å². The minimum absolute atomic E-state index is 0.101. The standard InChI is InChI=1S/C20H25N5O2/c26-18(15-4-6-17(7-5-15)23-19(27)16-2-3-16)14-24-10-12-25(13-11-24)20-21-8-1-9-22-20/h1,4-9,16,18,26H,2-3,10-14H2,(H,23,27)/t18-/m0/s1. The number of carbonyl (C=O) groups excluding carboxylic acids is 1. The van der Waals surface area contributed by atoms with E-state index in [1.165, 1.54) is 0 Å². The van der Waals surface area contributed by atoms with E-state index >= 15 is 0 Å². The van der Waals surface area contributed by atoms with Crippen LogP contribution < -0.4 is 10.2 Å². The average molecular weight is 367 g/mol. The number of anilines is 2. The fourth-order valence-corrected chi connectivity index (χ4v) is 3.31. The highest BCUT2D eigenvalue weighted by Gasteiger charge is 2.29. The topological polar surface area (TPSA) is 81.6 Å². The molecule has 1 saturated heterocycles. The van der Waals surface area contributed by atoms with Crippen molar-refractivity contribution in [2.45, 2.75) is 18.9 Å². The third kappa shape index (κ3) is 4.61. The number of aliphatic hydroxyl groups is 1. The second-order valence-electron chi connectivity index (χ2n) is 7.24. The Kier molecular flexibility index (Phi) is 5.31. The fourth-order valence-electron chi connectivity index (χ4n) is 3.31. The van der Waals surface area contributed by atoms with Gasteiger partial charge in [-0.15, -0.1) is 0 Å². The molecule has 27 heavy (non-hydrogen) atoms. The number of carbonyl (C=O) groups is 1. The number of β-amino-alcohol motifs (C(OH)–C–C–N with tert-alkyl or cyclic N) is 1. The Morgan fingerprint density at radius 1 is 1.11 bits per heavy atom. The minimum atomic E-state index is -0.544. The quantitative estimate of drug-likeness (QED) is 0.809. The summed E-state index contributed by atoms with van der Waals surface area (Å²) >= 11 is 0. The number of nitrogens with zero attached hydrogens (tertiary/aromatic N) is 4. The first-order valence-electron chi connectivity index (χ1n) is 9.52. The number of hydrogen-bond acceptors (Lipinski definition) is 6. The number of amides is 1. The largest absolute Gasteiger partial charge is 0.387 e. The van der Waals surface area contributed by atoms with E-state index in [4.69, 9.17) is 0 Å². The molecule has 1 amide bonds. The summed E-state index contributed by atoms with van der Waals surface area (Å²) in [5.41, 5.74) is 1.66. The molecule has 1 atom stereocenters. The first kappa shape index (κ1) is 17.9. The molecule has 2 heterocycles. The maximum Gasteiger partial charge on any atom is 0.227 e. The van der Waals surface area contributed by atoms with Gasteiger partial charge in [-0.3, -0.25) is 9.69 Å². The van der Waals surface area contributed by atoms with Crippen LogP contribution in [0.25, 0.3) is 0 Å². The zero-order valence-corrected chi connectivity index (χ0v) is 15.3. The molecule has 0 bridgehead atoms. The van der Waals surface area contributed by atoms with E-state index in [1.54, 1.807) is 12.4 Å². The lowest BCUT2D eigenvalue weighted by Gasteiger charge is -2.35. The van der Waals surface area contributed by atoms with Gasteiger partial charge in [0.1, 0.15) is 0 Å². The molecule has 4 rings (SSSR count). The molecule has 2 aliphatic rings. The molecular weight excluding hydrogens is 342 g/mol. The molecule has 0 spiro atoms. The van der Waals surface area contributed by atoms with Crippen molar-refractivity contribution >= 4 is 17.5 Å². The highest BCUT2D eigenvalue weighted by atomic mass is 16.3. The minimum Gasteiger partial charge on any atom is -0.387 e. The molecule has 1 aromatic carbocycles. The molecule has 2 N–H and O–H groups in total. The molecule has 0 radical (unpaired) electrons. The van der Waals surface area contributed by atoms with Gasteiger partial charge in [0, 0.05) is 56.7 Å². The average Bonchev–Trinajstić information content (AvgIpc) is 3.55. The van der Waals surface area contributed by atoms with Crippen LogP contribution in [-0.4, -0.2) is 58.6 Å². The molecule has 7 heteroatoms. The molecule has 1 aromatic heterocycles. The second-order valence-corrected chi connectivity index (χ2v) is 7.24. The summed E-state index contributed by atoms with van der Waals surface area (Å²) in [6.07, 6.45) is 4.96. The summed E-state index contributed by atoms with van der Waals surface area (Å²) in [6.45, 7) is 4.03. The third-order valence-corrected chi connectivity index (χ3v) is 5.15. The van der Waals surface area contributed by atoms with Crippen molar-refractivity contribution in [1.29, 1.82) is 0 Å². The van der Waals surface area contributed by atoms with Gasteiger partial charge in [-0.1, -0.05) is 12.1 Å². The van der Waals surface area contributed by atoms with Gasteiger partial charge in [0.2, 0.25) is 11.9 Å². The Hall–Kier alpha value is -2.51. The Labute approximate surface area is 159 Å². The lowest BCUT2D eigenvalue weighted by Crippen LogP contribution is -2.48. The van der Waals surface area contributed by atoms with E-state index in [-0.39, 0.29) is 11.8 Å². The highest BCUT2D eigenvalue weighted by molar-refractivity contribution is 5.94. The predicted octanol–water partition coefficient (Wildman–Crippen LogP) is 1.68. The first-order chi connectivity index (χ1) is 13.2. The van der Waals surface area contributed by atoms with Gasteiger partial charge < -0.3 is 15.3 Å². The van der Waals surface area contributed by atoms with Crippen LogP contribution in [0.5, 0.6) is 0 Å². The lowest BCUT2D eigenvalue weighted by atomic mass is 10.1. The van der Waals surface area contributed by atoms with Crippen molar-refractivity contribution in [3.05, 3.63) is 48.3 Å². The van der Waals surface area contributed by atoms with Crippen LogP contribution in [0.2, 0.25) is 0 Å². The molecule has 2 fully saturated rings. The molecule has 0 unspecified atom stereocenters. The summed E-state index contributed by atoms with van der Waals surface area (Å²) in [5.74, 6) is 1.06. The number of piperazine rings is 1. The normalized spacial score (nSPS) is 18.9. The second kappa shape index (κ2) is 8.02. The summed E-state index contributed by atoms with van der Waals surface area (Å²) < 4.78 is 0. The molecule has 1 aliphatic heterocycles. The third-order valence-electron chi connectivity index (χ3n) is 5.15. The number of hydrogen-bond donors (Lipinski definition) is 2. The van der Waals surface area contributed by atoms with Gasteiger partial charge in [-0.25, -0.2) is 9.97 Å².